The number of aryl methyl sites for hydroxylation is 2. The standard InChI is InChI=1S/C28H33N7O2/c1-5-37-23-13-21(26-33-32-19(3)34(26)4)7-6-20(23)14-24-29-15-22-12-18(2)30-27(25(22)31-24)35-16-28(17-35)8-10-36-11-9-28/h6-7,12-13,15H,5,8-11,14,16-17H2,1-4H3. The number of anilines is 1. The Bertz CT molecular complexity index is 1450. The summed E-state index contributed by atoms with van der Waals surface area (Å²) in [4.78, 5) is 17.0. The molecule has 0 N–H and O–H groups in total. The lowest BCUT2D eigenvalue weighted by molar-refractivity contribution is -0.000373. The monoisotopic (exact) mass is 499 g/mol. The SMILES string of the molecule is CCOc1cc(-c2nnc(C)n2C)ccc1Cc1ncc2cc(C)nc(N3CC4(CCOCC4)C3)c2n1. The van der Waals surface area contributed by atoms with Crippen LogP contribution in [0, 0.1) is 19.3 Å². The number of rotatable bonds is 6. The van der Waals surface area contributed by atoms with Crippen molar-refractivity contribution in [3.63, 3.8) is 0 Å². The summed E-state index contributed by atoms with van der Waals surface area (Å²) in [5.74, 6) is 4.22. The molecule has 0 radical (unpaired) electrons. The molecule has 2 aliphatic rings. The molecule has 1 aromatic carbocycles. The smallest absolute Gasteiger partial charge is 0.163 e. The second kappa shape index (κ2) is 9.37. The molecule has 1 spiro atoms. The number of fused-ring (bicyclic) bond motifs is 1. The molecule has 0 saturated carbocycles. The number of aromatic nitrogens is 6. The summed E-state index contributed by atoms with van der Waals surface area (Å²) < 4.78 is 13.6. The third kappa shape index (κ3) is 4.41. The Kier molecular flexibility index (Phi) is 6.03. The number of nitrogens with zero attached hydrogens (tertiary/aromatic N) is 7. The van der Waals surface area contributed by atoms with Crippen LogP contribution in [0.1, 0.15) is 42.7 Å². The van der Waals surface area contributed by atoms with E-state index in [1.165, 1.54) is 0 Å². The highest BCUT2D eigenvalue weighted by Crippen LogP contribution is 2.43. The summed E-state index contributed by atoms with van der Waals surface area (Å²) in [6.45, 7) is 10.3. The van der Waals surface area contributed by atoms with Crippen molar-refractivity contribution in [3.05, 3.63) is 53.4 Å². The molecule has 3 aromatic heterocycles. The Balaban J connectivity index is 1.31. The average Bonchev–Trinajstić information content (AvgIpc) is 3.22. The molecular weight excluding hydrogens is 466 g/mol. The van der Waals surface area contributed by atoms with E-state index >= 15 is 0 Å². The summed E-state index contributed by atoms with van der Waals surface area (Å²) >= 11 is 0. The van der Waals surface area contributed by atoms with E-state index in [4.69, 9.17) is 24.4 Å². The molecule has 2 saturated heterocycles. The van der Waals surface area contributed by atoms with E-state index in [1.807, 2.05) is 44.6 Å². The van der Waals surface area contributed by atoms with Crippen molar-refractivity contribution in [1.82, 2.24) is 29.7 Å². The zero-order valence-electron chi connectivity index (χ0n) is 22.0. The molecule has 2 fully saturated rings. The zero-order chi connectivity index (χ0) is 25.6. The van der Waals surface area contributed by atoms with Gasteiger partial charge < -0.3 is 18.9 Å². The van der Waals surface area contributed by atoms with Crippen LogP contribution >= 0.6 is 0 Å². The first-order valence-electron chi connectivity index (χ1n) is 13.0. The molecule has 0 unspecified atom stereocenters. The van der Waals surface area contributed by atoms with Crippen LogP contribution in [-0.2, 0) is 18.2 Å². The fraction of sp³-hybridized carbons (Fsp3) is 0.464. The Morgan fingerprint density at radius 2 is 1.86 bits per heavy atom. The van der Waals surface area contributed by atoms with E-state index in [-0.39, 0.29) is 0 Å². The minimum absolute atomic E-state index is 0.362. The van der Waals surface area contributed by atoms with Crippen molar-refractivity contribution in [1.29, 1.82) is 0 Å². The van der Waals surface area contributed by atoms with Crippen LogP contribution in [0.3, 0.4) is 0 Å². The lowest BCUT2D eigenvalue weighted by atomic mass is 9.73. The number of hydrogen-bond acceptors (Lipinski definition) is 8. The predicted octanol–water partition coefficient (Wildman–Crippen LogP) is 4.04. The minimum Gasteiger partial charge on any atom is -0.494 e. The molecule has 0 atom stereocenters. The summed E-state index contributed by atoms with van der Waals surface area (Å²) in [7, 11) is 1.97. The van der Waals surface area contributed by atoms with Crippen molar-refractivity contribution in [3.8, 4) is 17.1 Å². The van der Waals surface area contributed by atoms with E-state index in [2.05, 4.69) is 33.3 Å². The molecule has 9 heteroatoms. The molecule has 192 valence electrons. The van der Waals surface area contributed by atoms with Gasteiger partial charge in [0.05, 0.1) is 6.61 Å². The van der Waals surface area contributed by atoms with Gasteiger partial charge in [0.1, 0.15) is 22.9 Å². The molecule has 0 bridgehead atoms. The molecule has 2 aliphatic heterocycles. The fourth-order valence-corrected chi connectivity index (χ4v) is 5.49. The maximum atomic E-state index is 6.03. The molecule has 9 nitrogen and oxygen atoms in total. The van der Waals surface area contributed by atoms with Gasteiger partial charge in [0.15, 0.2) is 11.6 Å². The van der Waals surface area contributed by atoms with Crippen LogP contribution in [0.5, 0.6) is 5.75 Å². The van der Waals surface area contributed by atoms with Crippen LogP contribution < -0.4 is 9.64 Å². The van der Waals surface area contributed by atoms with E-state index in [0.29, 0.717) is 18.4 Å². The van der Waals surface area contributed by atoms with Gasteiger partial charge in [-0.1, -0.05) is 12.1 Å². The van der Waals surface area contributed by atoms with Crippen molar-refractivity contribution < 1.29 is 9.47 Å². The summed E-state index contributed by atoms with van der Waals surface area (Å²) in [6, 6.07) is 8.24. The summed E-state index contributed by atoms with van der Waals surface area (Å²) in [5.41, 5.74) is 4.27. The number of pyridine rings is 1. The second-order valence-corrected chi connectivity index (χ2v) is 10.3. The Morgan fingerprint density at radius 1 is 1.05 bits per heavy atom. The quantitative estimate of drug-likeness (QED) is 0.393. The molecule has 37 heavy (non-hydrogen) atoms. The normalized spacial score (nSPS) is 16.8. The zero-order valence-corrected chi connectivity index (χ0v) is 22.0. The highest BCUT2D eigenvalue weighted by Gasteiger charge is 2.45. The van der Waals surface area contributed by atoms with Gasteiger partial charge in [-0.15, -0.1) is 10.2 Å². The molecule has 5 heterocycles. The van der Waals surface area contributed by atoms with Crippen LogP contribution in [0.25, 0.3) is 22.3 Å². The predicted molar refractivity (Wildman–Crippen MR) is 142 cm³/mol. The van der Waals surface area contributed by atoms with Crippen molar-refractivity contribution >= 4 is 16.7 Å². The molecule has 6 rings (SSSR count). The lowest BCUT2D eigenvalue weighted by Gasteiger charge is -2.52. The Hall–Kier alpha value is -3.59. The van der Waals surface area contributed by atoms with Gasteiger partial charge in [-0.2, -0.15) is 0 Å². The van der Waals surface area contributed by atoms with Crippen LogP contribution in [0.2, 0.25) is 0 Å². The first kappa shape index (κ1) is 23.8. The minimum atomic E-state index is 0.362. The third-order valence-electron chi connectivity index (χ3n) is 7.70. The molecule has 4 aromatic rings. The van der Waals surface area contributed by atoms with Gasteiger partial charge in [-0.3, -0.25) is 0 Å². The third-order valence-corrected chi connectivity index (χ3v) is 7.70. The van der Waals surface area contributed by atoms with Crippen molar-refractivity contribution in [2.45, 2.75) is 40.0 Å². The molecular formula is C28H33N7O2. The highest BCUT2D eigenvalue weighted by molar-refractivity contribution is 5.89. The highest BCUT2D eigenvalue weighted by atomic mass is 16.5. The summed E-state index contributed by atoms with van der Waals surface area (Å²) in [5, 5.41) is 9.54. The van der Waals surface area contributed by atoms with Gasteiger partial charge in [-0.05, 0) is 45.7 Å². The summed E-state index contributed by atoms with van der Waals surface area (Å²) in [6.07, 6.45) is 4.74. The van der Waals surface area contributed by atoms with Crippen molar-refractivity contribution in [2.75, 3.05) is 37.8 Å². The van der Waals surface area contributed by atoms with E-state index < -0.39 is 0 Å². The average molecular weight is 500 g/mol. The first-order chi connectivity index (χ1) is 17.9. The maximum Gasteiger partial charge on any atom is 0.163 e. The van der Waals surface area contributed by atoms with E-state index in [1.54, 1.807) is 0 Å². The topological polar surface area (TPSA) is 91.1 Å². The van der Waals surface area contributed by atoms with Crippen LogP contribution in [0.15, 0.2) is 30.5 Å². The Labute approximate surface area is 216 Å². The van der Waals surface area contributed by atoms with Gasteiger partial charge in [0.25, 0.3) is 0 Å². The lowest BCUT2D eigenvalue weighted by Crippen LogP contribution is -2.59. The van der Waals surface area contributed by atoms with Gasteiger partial charge in [0.2, 0.25) is 0 Å². The van der Waals surface area contributed by atoms with E-state index in [9.17, 15) is 0 Å². The van der Waals surface area contributed by atoms with Gasteiger partial charge in [-0.25, -0.2) is 15.0 Å². The second-order valence-electron chi connectivity index (χ2n) is 10.3. The largest absolute Gasteiger partial charge is 0.494 e. The van der Waals surface area contributed by atoms with E-state index in [0.717, 1.165) is 95.9 Å². The number of hydrogen-bond donors (Lipinski definition) is 0. The van der Waals surface area contributed by atoms with Crippen LogP contribution in [0.4, 0.5) is 5.82 Å². The fourth-order valence-electron chi connectivity index (χ4n) is 5.49. The number of ether oxygens (including phenoxy) is 2. The van der Waals surface area contributed by atoms with Gasteiger partial charge in [0, 0.05) is 73.6 Å². The maximum absolute atomic E-state index is 6.03. The van der Waals surface area contributed by atoms with Crippen LogP contribution in [-0.4, -0.2) is 62.6 Å². The van der Waals surface area contributed by atoms with Gasteiger partial charge >= 0.3 is 0 Å². The van der Waals surface area contributed by atoms with Crippen molar-refractivity contribution in [2.24, 2.45) is 12.5 Å². The number of benzene rings is 1. The molecule has 0 aliphatic carbocycles. The first-order valence-corrected chi connectivity index (χ1v) is 13.0. The Morgan fingerprint density at radius 3 is 2.59 bits per heavy atom. The molecule has 0 amide bonds.